The molecule has 0 aliphatic carbocycles. The van der Waals surface area contributed by atoms with Crippen LogP contribution in [0, 0.1) is 5.92 Å². The summed E-state index contributed by atoms with van der Waals surface area (Å²) in [6.07, 6.45) is 3.85. The third-order valence-corrected chi connectivity index (χ3v) is 3.14. The maximum Gasteiger partial charge on any atom is 0.216 e. The van der Waals surface area contributed by atoms with E-state index in [0.29, 0.717) is 11.8 Å². The summed E-state index contributed by atoms with van der Waals surface area (Å²) >= 11 is 0. The molecule has 17 heavy (non-hydrogen) atoms. The molecule has 1 rings (SSSR count). The standard InChI is InChI=1S/C13H23N3O/c1-5-10(6-2)13(14-7-3)11-8-12(17-4)16-9-15-11/h8-10,13-14H,5-7H2,1-4H3. The smallest absolute Gasteiger partial charge is 0.216 e. The van der Waals surface area contributed by atoms with E-state index < -0.39 is 0 Å². The lowest BCUT2D eigenvalue weighted by Crippen LogP contribution is -2.28. The molecule has 4 nitrogen and oxygen atoms in total. The highest BCUT2D eigenvalue weighted by molar-refractivity contribution is 5.17. The van der Waals surface area contributed by atoms with Crippen molar-refractivity contribution < 1.29 is 4.74 Å². The van der Waals surface area contributed by atoms with Gasteiger partial charge in [-0.15, -0.1) is 0 Å². The van der Waals surface area contributed by atoms with Gasteiger partial charge >= 0.3 is 0 Å². The van der Waals surface area contributed by atoms with Crippen LogP contribution in [0.15, 0.2) is 12.4 Å². The molecule has 1 aromatic heterocycles. The first-order valence-electron chi connectivity index (χ1n) is 6.36. The van der Waals surface area contributed by atoms with Crippen molar-refractivity contribution in [3.05, 3.63) is 18.1 Å². The average molecular weight is 237 g/mol. The molecule has 1 unspecified atom stereocenters. The molecule has 96 valence electrons. The van der Waals surface area contributed by atoms with E-state index in [1.165, 1.54) is 0 Å². The lowest BCUT2D eigenvalue weighted by molar-refractivity contribution is 0.336. The largest absolute Gasteiger partial charge is 0.481 e. The molecular formula is C13H23N3O. The van der Waals surface area contributed by atoms with Crippen molar-refractivity contribution in [3.63, 3.8) is 0 Å². The molecule has 0 saturated carbocycles. The maximum atomic E-state index is 5.15. The average Bonchev–Trinajstić information content (AvgIpc) is 2.39. The van der Waals surface area contributed by atoms with Gasteiger partial charge in [-0.2, -0.15) is 0 Å². The van der Waals surface area contributed by atoms with Crippen LogP contribution in [0.25, 0.3) is 0 Å². The second-order valence-corrected chi connectivity index (χ2v) is 4.10. The Kier molecular flexibility index (Phi) is 5.91. The van der Waals surface area contributed by atoms with Gasteiger partial charge in [0.15, 0.2) is 0 Å². The fourth-order valence-corrected chi connectivity index (χ4v) is 2.13. The Hall–Kier alpha value is -1.16. The number of aromatic nitrogens is 2. The van der Waals surface area contributed by atoms with Crippen LogP contribution in [0.5, 0.6) is 5.88 Å². The van der Waals surface area contributed by atoms with E-state index in [1.54, 1.807) is 13.4 Å². The number of hydrogen-bond acceptors (Lipinski definition) is 4. The molecule has 0 aromatic carbocycles. The van der Waals surface area contributed by atoms with E-state index in [9.17, 15) is 0 Å². The molecule has 0 bridgehead atoms. The zero-order chi connectivity index (χ0) is 12.7. The van der Waals surface area contributed by atoms with Gasteiger partial charge in [0.25, 0.3) is 0 Å². The highest BCUT2D eigenvalue weighted by Crippen LogP contribution is 2.27. The summed E-state index contributed by atoms with van der Waals surface area (Å²) in [5.41, 5.74) is 1.02. The predicted octanol–water partition coefficient (Wildman–Crippen LogP) is 2.57. The lowest BCUT2D eigenvalue weighted by atomic mass is 9.91. The van der Waals surface area contributed by atoms with Crippen molar-refractivity contribution in [2.45, 2.75) is 39.7 Å². The van der Waals surface area contributed by atoms with Crippen LogP contribution in [-0.2, 0) is 0 Å². The van der Waals surface area contributed by atoms with Crippen molar-refractivity contribution in [1.82, 2.24) is 15.3 Å². The zero-order valence-corrected chi connectivity index (χ0v) is 11.2. The molecule has 0 fully saturated rings. The van der Waals surface area contributed by atoms with E-state index in [1.807, 2.05) is 6.07 Å². The Balaban J connectivity index is 2.94. The van der Waals surface area contributed by atoms with E-state index in [4.69, 9.17) is 4.74 Å². The highest BCUT2D eigenvalue weighted by atomic mass is 16.5. The van der Waals surface area contributed by atoms with Crippen LogP contribution in [0.2, 0.25) is 0 Å². The topological polar surface area (TPSA) is 47.0 Å². The van der Waals surface area contributed by atoms with Crippen molar-refractivity contribution in [3.8, 4) is 5.88 Å². The Labute approximate surface area is 104 Å². The molecule has 0 saturated heterocycles. The van der Waals surface area contributed by atoms with E-state index in [-0.39, 0.29) is 6.04 Å². The van der Waals surface area contributed by atoms with Crippen molar-refractivity contribution in [2.75, 3.05) is 13.7 Å². The van der Waals surface area contributed by atoms with Gasteiger partial charge in [0.2, 0.25) is 5.88 Å². The monoisotopic (exact) mass is 237 g/mol. The summed E-state index contributed by atoms with van der Waals surface area (Å²) in [6.45, 7) is 7.50. The summed E-state index contributed by atoms with van der Waals surface area (Å²) in [5.74, 6) is 1.22. The van der Waals surface area contributed by atoms with Crippen LogP contribution in [-0.4, -0.2) is 23.6 Å². The van der Waals surface area contributed by atoms with Gasteiger partial charge in [-0.05, 0) is 12.5 Å². The Morgan fingerprint density at radius 2 is 1.94 bits per heavy atom. The van der Waals surface area contributed by atoms with Crippen LogP contribution in [0.1, 0.15) is 45.3 Å². The summed E-state index contributed by atoms with van der Waals surface area (Å²) in [5, 5.41) is 3.51. The molecule has 0 aliphatic rings. The quantitative estimate of drug-likeness (QED) is 0.791. The number of ether oxygens (including phenoxy) is 1. The summed E-state index contributed by atoms with van der Waals surface area (Å²) in [7, 11) is 1.63. The Morgan fingerprint density at radius 1 is 1.24 bits per heavy atom. The molecule has 1 N–H and O–H groups in total. The van der Waals surface area contributed by atoms with Gasteiger partial charge in [0.1, 0.15) is 6.33 Å². The minimum atomic E-state index is 0.284. The summed E-state index contributed by atoms with van der Waals surface area (Å²) < 4.78 is 5.15. The minimum absolute atomic E-state index is 0.284. The molecule has 4 heteroatoms. The number of nitrogens with one attached hydrogen (secondary N) is 1. The van der Waals surface area contributed by atoms with Gasteiger partial charge in [-0.25, -0.2) is 9.97 Å². The number of rotatable bonds is 7. The first kappa shape index (κ1) is 13.9. The summed E-state index contributed by atoms with van der Waals surface area (Å²) in [4.78, 5) is 8.42. The highest BCUT2D eigenvalue weighted by Gasteiger charge is 2.21. The van der Waals surface area contributed by atoms with Crippen LogP contribution >= 0.6 is 0 Å². The van der Waals surface area contributed by atoms with Crippen LogP contribution in [0.3, 0.4) is 0 Å². The van der Waals surface area contributed by atoms with Crippen molar-refractivity contribution >= 4 is 0 Å². The normalized spacial score (nSPS) is 12.8. The Bertz CT molecular complexity index is 326. The fraction of sp³-hybridized carbons (Fsp3) is 0.692. The fourth-order valence-electron chi connectivity index (χ4n) is 2.13. The second-order valence-electron chi connectivity index (χ2n) is 4.10. The number of methoxy groups -OCH3 is 1. The molecule has 1 aromatic rings. The van der Waals surface area contributed by atoms with Crippen molar-refractivity contribution in [2.24, 2.45) is 5.92 Å². The molecule has 0 radical (unpaired) electrons. The van der Waals surface area contributed by atoms with E-state index in [2.05, 4.69) is 36.1 Å². The predicted molar refractivity (Wildman–Crippen MR) is 69.1 cm³/mol. The van der Waals surface area contributed by atoms with E-state index >= 15 is 0 Å². The zero-order valence-electron chi connectivity index (χ0n) is 11.2. The first-order valence-corrected chi connectivity index (χ1v) is 6.36. The molecule has 0 aliphatic heterocycles. The third-order valence-electron chi connectivity index (χ3n) is 3.14. The molecular weight excluding hydrogens is 214 g/mol. The SMILES string of the molecule is CCNC(c1cc(OC)ncn1)C(CC)CC. The van der Waals surface area contributed by atoms with Gasteiger partial charge in [-0.3, -0.25) is 0 Å². The Morgan fingerprint density at radius 3 is 2.47 bits per heavy atom. The maximum absolute atomic E-state index is 5.15. The van der Waals surface area contributed by atoms with E-state index in [0.717, 1.165) is 25.1 Å². The number of nitrogens with zero attached hydrogens (tertiary/aromatic N) is 2. The van der Waals surface area contributed by atoms with Crippen LogP contribution in [0.4, 0.5) is 0 Å². The van der Waals surface area contributed by atoms with Gasteiger partial charge < -0.3 is 10.1 Å². The third kappa shape index (κ3) is 3.66. The minimum Gasteiger partial charge on any atom is -0.481 e. The van der Waals surface area contributed by atoms with Crippen molar-refractivity contribution in [1.29, 1.82) is 0 Å². The van der Waals surface area contributed by atoms with Gasteiger partial charge in [0.05, 0.1) is 18.8 Å². The first-order chi connectivity index (χ1) is 8.26. The second kappa shape index (κ2) is 7.22. The summed E-state index contributed by atoms with van der Waals surface area (Å²) in [6, 6.07) is 2.21. The van der Waals surface area contributed by atoms with Crippen LogP contribution < -0.4 is 10.1 Å². The molecule has 0 amide bonds. The molecule has 1 heterocycles. The molecule has 1 atom stereocenters. The van der Waals surface area contributed by atoms with Gasteiger partial charge in [-0.1, -0.05) is 33.6 Å². The lowest BCUT2D eigenvalue weighted by Gasteiger charge is -2.25. The molecule has 0 spiro atoms. The number of hydrogen-bond donors (Lipinski definition) is 1. The van der Waals surface area contributed by atoms with Gasteiger partial charge in [0, 0.05) is 6.07 Å².